The van der Waals surface area contributed by atoms with E-state index in [1.165, 1.54) is 44.5 Å². The highest BCUT2D eigenvalue weighted by atomic mass is 79.9. The van der Waals surface area contributed by atoms with Gasteiger partial charge in [0.25, 0.3) is 0 Å². The Morgan fingerprint density at radius 1 is 0.443 bits per heavy atom. The first-order chi connectivity index (χ1) is 29.2. The van der Waals surface area contributed by atoms with Gasteiger partial charge in [0.15, 0.2) is 0 Å². The molecule has 2 aliphatic rings. The van der Waals surface area contributed by atoms with Gasteiger partial charge in [-0.05, 0) is 159 Å². The van der Waals surface area contributed by atoms with Crippen LogP contribution in [0.5, 0.6) is 0 Å². The summed E-state index contributed by atoms with van der Waals surface area (Å²) in [5.74, 6) is 3.45. The first-order valence-corrected chi connectivity index (χ1v) is 25.2. The number of fused-ring (bicyclic) bond motifs is 8. The van der Waals surface area contributed by atoms with Crippen LogP contribution in [0, 0.1) is 53.0 Å². The number of halogens is 1. The van der Waals surface area contributed by atoms with Gasteiger partial charge in [-0.2, -0.15) is 0 Å². The Morgan fingerprint density at radius 2 is 0.787 bits per heavy atom. The van der Waals surface area contributed by atoms with Gasteiger partial charge in [0.05, 0.1) is 22.8 Å². The Labute approximate surface area is 368 Å². The molecule has 0 aliphatic carbocycles. The minimum absolute atomic E-state index is 0.892. The summed E-state index contributed by atoms with van der Waals surface area (Å²) in [7, 11) is -1.54. The normalized spacial score (nSPS) is 12.2. The molecule has 4 aromatic carbocycles. The highest BCUT2D eigenvalue weighted by Gasteiger charge is 2.22. The molecular formula is C55H49BrN4Si. The second kappa shape index (κ2) is 15.6. The minimum Gasteiger partial charge on any atom is -0.354 e. The van der Waals surface area contributed by atoms with E-state index in [1.807, 2.05) is 0 Å². The fraction of sp³-hybridized carbons (Fsp3) is 0.164. The number of nitrogens with one attached hydrogen (secondary N) is 2. The second-order valence-corrected chi connectivity index (χ2v) is 23.3. The zero-order valence-corrected chi connectivity index (χ0v) is 38.9. The van der Waals surface area contributed by atoms with Crippen molar-refractivity contribution in [3.05, 3.63) is 163 Å². The lowest BCUT2D eigenvalue weighted by Gasteiger charge is -2.13. The minimum atomic E-state index is -1.54. The van der Waals surface area contributed by atoms with Crippen molar-refractivity contribution < 1.29 is 0 Å². The third-order valence-corrected chi connectivity index (χ3v) is 12.9. The summed E-state index contributed by atoms with van der Waals surface area (Å²) in [6, 6.07) is 35.1. The number of hydrogen-bond donors (Lipinski definition) is 2. The van der Waals surface area contributed by atoms with Crippen molar-refractivity contribution in [2.45, 2.75) is 61.2 Å². The number of H-pyrrole nitrogens is 2. The highest BCUT2D eigenvalue weighted by Crippen LogP contribution is 2.41. The molecule has 6 heteroatoms. The topological polar surface area (TPSA) is 57.4 Å². The van der Waals surface area contributed by atoms with Crippen molar-refractivity contribution >= 4 is 70.4 Å². The first kappa shape index (κ1) is 40.2. The van der Waals surface area contributed by atoms with Crippen LogP contribution in [0.2, 0.25) is 19.6 Å². The number of rotatable bonds is 4. The predicted octanol–water partition coefficient (Wildman–Crippen LogP) is 15.2. The van der Waals surface area contributed by atoms with Gasteiger partial charge in [-0.3, -0.25) is 0 Å². The van der Waals surface area contributed by atoms with E-state index < -0.39 is 8.07 Å². The number of nitrogens with zero attached hydrogens (tertiary/aromatic N) is 2. The molecule has 7 aromatic rings. The molecule has 8 bridgehead atoms. The quantitative estimate of drug-likeness (QED) is 0.137. The molecule has 0 saturated carbocycles. The van der Waals surface area contributed by atoms with Crippen LogP contribution in [-0.2, 0) is 0 Å². The Morgan fingerprint density at radius 3 is 1.16 bits per heavy atom. The van der Waals surface area contributed by atoms with Gasteiger partial charge < -0.3 is 9.97 Å². The summed E-state index contributed by atoms with van der Waals surface area (Å²) in [5, 5.41) is 0. The third kappa shape index (κ3) is 7.81. The molecular weight excluding hydrogens is 825 g/mol. The zero-order valence-electron chi connectivity index (χ0n) is 36.3. The zero-order chi connectivity index (χ0) is 42.7. The van der Waals surface area contributed by atoms with E-state index in [4.69, 9.17) is 9.97 Å². The lowest BCUT2D eigenvalue weighted by molar-refractivity contribution is 1.28. The summed E-state index contributed by atoms with van der Waals surface area (Å²) in [6.45, 7) is 20.0. The van der Waals surface area contributed by atoms with Gasteiger partial charge in [0.1, 0.15) is 8.07 Å². The van der Waals surface area contributed by atoms with Crippen molar-refractivity contribution in [2.75, 3.05) is 0 Å². The van der Waals surface area contributed by atoms with E-state index >= 15 is 0 Å². The van der Waals surface area contributed by atoms with E-state index in [1.54, 1.807) is 0 Å². The smallest absolute Gasteiger partial charge is 0.129 e. The molecule has 0 amide bonds. The molecule has 0 saturated heterocycles. The second-order valence-electron chi connectivity index (χ2n) is 17.6. The van der Waals surface area contributed by atoms with Crippen LogP contribution in [0.1, 0.15) is 61.7 Å². The van der Waals surface area contributed by atoms with Gasteiger partial charge in [-0.15, -0.1) is 5.54 Å². The molecule has 2 N–H and O–H groups in total. The molecule has 0 spiro atoms. The largest absolute Gasteiger partial charge is 0.354 e. The van der Waals surface area contributed by atoms with Crippen molar-refractivity contribution in [1.82, 2.24) is 19.9 Å². The Hall–Kier alpha value is -6.26. The maximum absolute atomic E-state index is 5.56. The number of benzene rings is 4. The molecule has 5 heterocycles. The van der Waals surface area contributed by atoms with Crippen LogP contribution >= 0.6 is 15.9 Å². The molecule has 0 radical (unpaired) electrons. The van der Waals surface area contributed by atoms with Gasteiger partial charge in [0.2, 0.25) is 0 Å². The number of aromatic amines is 2. The van der Waals surface area contributed by atoms with Gasteiger partial charge in [-0.1, -0.05) is 101 Å². The highest BCUT2D eigenvalue weighted by molar-refractivity contribution is 9.10. The molecule has 9 rings (SSSR count). The summed E-state index contributed by atoms with van der Waals surface area (Å²) in [5.41, 5.74) is 28.1. The van der Waals surface area contributed by atoms with Crippen molar-refractivity contribution in [1.29, 1.82) is 0 Å². The van der Waals surface area contributed by atoms with Crippen molar-refractivity contribution in [3.8, 4) is 56.0 Å². The maximum atomic E-state index is 5.56. The molecule has 2 aliphatic heterocycles. The number of hydrogen-bond acceptors (Lipinski definition) is 2. The Balaban J connectivity index is 1.46. The van der Waals surface area contributed by atoms with Gasteiger partial charge in [-0.25, -0.2) is 9.97 Å². The molecule has 0 atom stereocenters. The Kier molecular flexibility index (Phi) is 10.3. The van der Waals surface area contributed by atoms with Gasteiger partial charge >= 0.3 is 0 Å². The van der Waals surface area contributed by atoms with E-state index in [-0.39, 0.29) is 0 Å². The van der Waals surface area contributed by atoms with Crippen molar-refractivity contribution in [3.63, 3.8) is 0 Å². The molecule has 3 aromatic heterocycles. The fourth-order valence-corrected chi connectivity index (χ4v) is 9.87. The summed E-state index contributed by atoms with van der Waals surface area (Å²) in [6.07, 6.45) is 8.70. The molecule has 0 fully saturated rings. The number of aromatic nitrogens is 4. The maximum Gasteiger partial charge on any atom is 0.129 e. The average Bonchev–Trinajstić information content (AvgIpc) is 4.04. The molecule has 300 valence electrons. The fourth-order valence-electron chi connectivity index (χ4n) is 9.08. The van der Waals surface area contributed by atoms with Crippen LogP contribution in [0.4, 0.5) is 0 Å². The Bertz CT molecular complexity index is 3130. The van der Waals surface area contributed by atoms with Crippen LogP contribution in [-0.4, -0.2) is 28.0 Å². The van der Waals surface area contributed by atoms with E-state index in [0.717, 1.165) is 88.3 Å². The summed E-state index contributed by atoms with van der Waals surface area (Å²) in [4.78, 5) is 19.0. The third-order valence-electron chi connectivity index (χ3n) is 11.5. The molecule has 4 nitrogen and oxygen atoms in total. The van der Waals surface area contributed by atoms with E-state index in [2.05, 4.69) is 220 Å². The summed E-state index contributed by atoms with van der Waals surface area (Å²) >= 11 is 3.68. The molecule has 0 unspecified atom stereocenters. The molecule has 61 heavy (non-hydrogen) atoms. The van der Waals surface area contributed by atoms with Crippen LogP contribution < -0.4 is 0 Å². The monoisotopic (exact) mass is 872 g/mol. The van der Waals surface area contributed by atoms with E-state index in [9.17, 15) is 0 Å². The SMILES string of the molecule is Cc1cc(C)c(-c2c3nc(c(-c4ccc(C#C[Si](C)(C)C)cc4)c4ccc([nH]4)c(-c4c(C)cc(C)cc4C)c4nc(c(-c5ccc(Br)cc5)c5ccc2[nH]5)C=C4)C=C3)c(C)c1. The van der Waals surface area contributed by atoms with Crippen molar-refractivity contribution in [2.24, 2.45) is 0 Å². The summed E-state index contributed by atoms with van der Waals surface area (Å²) < 4.78 is 1.03. The standard InChI is InChI=1S/C55H49BrN4Si/c1-32-28-34(3)50(35(4)29-32)54-46-22-18-42(57-46)52(39-12-10-38(11-13-39)26-27-61(7,8)9)43-19-23-47(58-43)55(51-36(5)30-33(2)31-37(51)6)49-25-21-45(60-49)53(44-20-24-48(54)59-44)40-14-16-41(56)17-15-40/h10-25,28-31,57,60H,1-9H3. The van der Waals surface area contributed by atoms with E-state index in [0.29, 0.717) is 0 Å². The lowest BCUT2D eigenvalue weighted by atomic mass is 9.92. The van der Waals surface area contributed by atoms with Crippen LogP contribution in [0.15, 0.2) is 102 Å². The van der Waals surface area contributed by atoms with Crippen LogP contribution in [0.25, 0.3) is 90.9 Å². The first-order valence-electron chi connectivity index (χ1n) is 20.9. The van der Waals surface area contributed by atoms with Crippen LogP contribution in [0.3, 0.4) is 0 Å². The predicted molar refractivity (Wildman–Crippen MR) is 267 cm³/mol. The van der Waals surface area contributed by atoms with Gasteiger partial charge in [0, 0.05) is 54.4 Å². The average molecular weight is 874 g/mol. The lowest BCUT2D eigenvalue weighted by Crippen LogP contribution is -2.16. The number of aryl methyl sites for hydroxylation is 6.